The summed E-state index contributed by atoms with van der Waals surface area (Å²) < 4.78 is 25.7. The minimum Gasteiger partial charge on any atom is -0.486 e. The molecule has 1 aromatic carbocycles. The van der Waals surface area contributed by atoms with Crippen molar-refractivity contribution in [3.05, 3.63) is 48.4 Å². The third-order valence-corrected chi connectivity index (χ3v) is 5.46. The first-order chi connectivity index (χ1) is 17.5. The maximum absolute atomic E-state index is 14.6. The largest absolute Gasteiger partial charge is 0.486 e. The zero-order chi connectivity index (χ0) is 25.5. The van der Waals surface area contributed by atoms with Gasteiger partial charge in [0.05, 0.1) is 30.6 Å². The van der Waals surface area contributed by atoms with Gasteiger partial charge in [-0.3, -0.25) is 4.79 Å². The van der Waals surface area contributed by atoms with Crippen molar-refractivity contribution in [2.45, 2.75) is 25.6 Å². The maximum atomic E-state index is 14.6. The lowest BCUT2D eigenvalue weighted by Crippen LogP contribution is -2.50. The number of nitriles is 1. The summed E-state index contributed by atoms with van der Waals surface area (Å²) in [5.41, 5.74) is 1.40. The fourth-order valence-corrected chi connectivity index (χ4v) is 3.68. The summed E-state index contributed by atoms with van der Waals surface area (Å²) in [6, 6.07) is 10.4. The minimum atomic E-state index is -1.45. The van der Waals surface area contributed by atoms with Crippen LogP contribution in [0.5, 0.6) is 11.6 Å². The number of likely N-dealkylation sites (tertiary alicyclic amines) is 1. The maximum Gasteiger partial charge on any atom is 0.248 e. The van der Waals surface area contributed by atoms with E-state index in [-0.39, 0.29) is 36.8 Å². The highest BCUT2D eigenvalue weighted by atomic mass is 19.1. The number of piperidine rings is 1. The molecule has 0 unspecified atom stereocenters. The van der Waals surface area contributed by atoms with Gasteiger partial charge in [-0.05, 0) is 31.2 Å². The van der Waals surface area contributed by atoms with Gasteiger partial charge in [-0.1, -0.05) is 0 Å². The van der Waals surface area contributed by atoms with Crippen molar-refractivity contribution in [2.24, 2.45) is 0 Å². The quantitative estimate of drug-likeness (QED) is 0.479. The first-order valence-electron chi connectivity index (χ1n) is 11.3. The van der Waals surface area contributed by atoms with Crippen LogP contribution in [0.3, 0.4) is 0 Å². The molecule has 4 rings (SSSR count). The number of hydrogen-bond donors (Lipinski definition) is 2. The molecule has 3 heterocycles. The normalized spacial score (nSPS) is 17.2. The van der Waals surface area contributed by atoms with Gasteiger partial charge < -0.3 is 24.8 Å². The van der Waals surface area contributed by atoms with Crippen molar-refractivity contribution in [1.82, 2.24) is 24.8 Å². The van der Waals surface area contributed by atoms with Crippen molar-refractivity contribution in [3.63, 3.8) is 0 Å². The van der Waals surface area contributed by atoms with Crippen LogP contribution in [-0.4, -0.2) is 74.4 Å². The summed E-state index contributed by atoms with van der Waals surface area (Å²) in [5.74, 6) is 0.823. The van der Waals surface area contributed by atoms with Crippen LogP contribution >= 0.6 is 0 Å². The lowest BCUT2D eigenvalue weighted by atomic mass is 10.0. The molecule has 2 N–H and O–H groups in total. The van der Waals surface area contributed by atoms with Crippen molar-refractivity contribution < 1.29 is 23.8 Å². The second-order valence-corrected chi connectivity index (χ2v) is 7.86. The second kappa shape index (κ2) is 11.4. The number of hydrogen-bond acceptors (Lipinski definition) is 10. The minimum absolute atomic E-state index is 0.172. The molecule has 186 valence electrons. The molecule has 0 spiro atoms. The van der Waals surface area contributed by atoms with Gasteiger partial charge in [-0.25, -0.2) is 19.3 Å². The highest BCUT2D eigenvalue weighted by Gasteiger charge is 2.33. The summed E-state index contributed by atoms with van der Waals surface area (Å²) in [4.78, 5) is 29.8. The standard InChI is InChI=1S/C24H24FN7O4/c1-2-35-21-6-4-17(11-27-21)30-24-29-14-28-23(31-24)15-3-5-19(16(9-15)10-26)36-20-7-8-32(12-18(20)25)22(34)13-33/h3-6,9,11,14,18,20,33H,2,7-8,12-13H2,1H3,(H,28,29,30,31)/t18-,20+/m1/s1. The number of anilines is 2. The molecule has 0 bridgehead atoms. The Balaban J connectivity index is 1.46. The molecule has 12 heteroatoms. The van der Waals surface area contributed by atoms with Crippen molar-refractivity contribution in [3.8, 4) is 29.1 Å². The van der Waals surface area contributed by atoms with E-state index in [0.29, 0.717) is 29.6 Å². The van der Waals surface area contributed by atoms with Gasteiger partial charge in [-0.15, -0.1) is 0 Å². The van der Waals surface area contributed by atoms with Gasteiger partial charge in [-0.2, -0.15) is 10.2 Å². The van der Waals surface area contributed by atoms with E-state index in [1.807, 2.05) is 6.92 Å². The van der Waals surface area contributed by atoms with Crippen LogP contribution in [0.4, 0.5) is 16.0 Å². The van der Waals surface area contributed by atoms with Crippen LogP contribution in [0.25, 0.3) is 11.4 Å². The Bertz CT molecular complexity index is 1250. The van der Waals surface area contributed by atoms with E-state index < -0.39 is 24.8 Å². The van der Waals surface area contributed by atoms with Gasteiger partial charge in [0.15, 0.2) is 12.0 Å². The molecule has 1 saturated heterocycles. The van der Waals surface area contributed by atoms with Crippen LogP contribution in [0.15, 0.2) is 42.9 Å². The van der Waals surface area contributed by atoms with Crippen LogP contribution in [0.1, 0.15) is 18.9 Å². The van der Waals surface area contributed by atoms with Gasteiger partial charge in [0.2, 0.25) is 17.7 Å². The average Bonchev–Trinajstić information content (AvgIpc) is 2.91. The summed E-state index contributed by atoms with van der Waals surface area (Å²) in [5, 5.41) is 21.7. The SMILES string of the molecule is CCOc1ccc(Nc2ncnc(-c3ccc(O[C@H]4CCN(C(=O)CO)C[C@H]4F)c(C#N)c3)n2)cn1. The van der Waals surface area contributed by atoms with E-state index in [9.17, 15) is 14.4 Å². The van der Waals surface area contributed by atoms with Gasteiger partial charge in [0.1, 0.15) is 30.9 Å². The molecule has 1 amide bonds. The molecule has 1 aliphatic rings. The number of carbonyl (C=O) groups is 1. The number of pyridine rings is 1. The zero-order valence-electron chi connectivity index (χ0n) is 19.5. The fourth-order valence-electron chi connectivity index (χ4n) is 3.68. The second-order valence-electron chi connectivity index (χ2n) is 7.86. The Labute approximate surface area is 206 Å². The Morgan fingerprint density at radius 2 is 2.17 bits per heavy atom. The molecule has 3 aromatic rings. The highest BCUT2D eigenvalue weighted by Crippen LogP contribution is 2.28. The molecule has 2 atom stereocenters. The Hall–Kier alpha value is -4.37. The molecule has 1 fully saturated rings. The molecule has 2 aromatic heterocycles. The number of halogens is 1. The average molecular weight is 493 g/mol. The molecule has 0 radical (unpaired) electrons. The number of rotatable bonds is 8. The summed E-state index contributed by atoms with van der Waals surface area (Å²) >= 11 is 0. The molecular formula is C24H24FN7O4. The van der Waals surface area contributed by atoms with E-state index in [1.165, 1.54) is 11.2 Å². The number of alkyl halides is 1. The summed E-state index contributed by atoms with van der Waals surface area (Å²) in [7, 11) is 0. The predicted octanol–water partition coefficient (Wildman–Crippen LogP) is 2.26. The monoisotopic (exact) mass is 493 g/mol. The number of aliphatic hydroxyl groups is 1. The van der Waals surface area contributed by atoms with E-state index in [1.54, 1.807) is 36.5 Å². The van der Waals surface area contributed by atoms with Crippen LogP contribution in [0, 0.1) is 11.3 Å². The van der Waals surface area contributed by atoms with Crippen molar-refractivity contribution >= 4 is 17.5 Å². The number of ether oxygens (including phenoxy) is 2. The molecule has 11 nitrogen and oxygen atoms in total. The lowest BCUT2D eigenvalue weighted by Gasteiger charge is -2.34. The smallest absolute Gasteiger partial charge is 0.248 e. The molecule has 36 heavy (non-hydrogen) atoms. The van der Waals surface area contributed by atoms with E-state index in [2.05, 4.69) is 31.3 Å². The third-order valence-electron chi connectivity index (χ3n) is 5.46. The molecule has 1 aliphatic heterocycles. The Morgan fingerprint density at radius 1 is 1.31 bits per heavy atom. The highest BCUT2D eigenvalue weighted by molar-refractivity contribution is 5.77. The van der Waals surface area contributed by atoms with Crippen molar-refractivity contribution in [2.75, 3.05) is 31.6 Å². The Morgan fingerprint density at radius 3 is 2.86 bits per heavy atom. The molecule has 0 saturated carbocycles. The molecular weight excluding hydrogens is 469 g/mol. The first-order valence-corrected chi connectivity index (χ1v) is 11.3. The topological polar surface area (TPSA) is 146 Å². The summed E-state index contributed by atoms with van der Waals surface area (Å²) in [6.45, 7) is 1.82. The number of aromatic nitrogens is 4. The van der Waals surface area contributed by atoms with Crippen molar-refractivity contribution in [1.29, 1.82) is 5.26 Å². The number of carbonyl (C=O) groups excluding carboxylic acids is 1. The predicted molar refractivity (Wildman–Crippen MR) is 126 cm³/mol. The lowest BCUT2D eigenvalue weighted by molar-refractivity contribution is -0.138. The van der Waals surface area contributed by atoms with E-state index >= 15 is 0 Å². The van der Waals surface area contributed by atoms with Crippen LogP contribution < -0.4 is 14.8 Å². The van der Waals surface area contributed by atoms with Gasteiger partial charge >= 0.3 is 0 Å². The fraction of sp³-hybridized carbons (Fsp3) is 0.333. The number of amides is 1. The first kappa shape index (κ1) is 24.7. The van der Waals surface area contributed by atoms with Crippen LogP contribution in [0.2, 0.25) is 0 Å². The molecule has 0 aliphatic carbocycles. The van der Waals surface area contributed by atoms with E-state index in [4.69, 9.17) is 14.6 Å². The Kier molecular flexibility index (Phi) is 7.82. The zero-order valence-corrected chi connectivity index (χ0v) is 19.5. The number of nitrogens with one attached hydrogen (secondary N) is 1. The number of nitrogens with zero attached hydrogens (tertiary/aromatic N) is 6. The summed E-state index contributed by atoms with van der Waals surface area (Å²) in [6.07, 6.45) is 0.910. The van der Waals surface area contributed by atoms with Gasteiger partial charge in [0, 0.05) is 24.6 Å². The van der Waals surface area contributed by atoms with Gasteiger partial charge in [0.25, 0.3) is 0 Å². The third kappa shape index (κ3) is 5.81. The number of aliphatic hydroxyl groups excluding tert-OH is 1. The van der Waals surface area contributed by atoms with E-state index in [0.717, 1.165) is 0 Å². The van der Waals surface area contributed by atoms with Crippen LogP contribution in [-0.2, 0) is 4.79 Å². The number of benzene rings is 1.